The average Bonchev–Trinajstić information content (AvgIpc) is 2.39. The minimum absolute atomic E-state index is 0.266. The first-order valence-electron chi connectivity index (χ1n) is 6.18. The third kappa shape index (κ3) is 3.60. The molecule has 0 atom stereocenters. The summed E-state index contributed by atoms with van der Waals surface area (Å²) in [6.07, 6.45) is 0.532. The van der Waals surface area contributed by atoms with Crippen LogP contribution in [0.2, 0.25) is 0 Å². The molecular formula is C13H15IN2O4. The van der Waals surface area contributed by atoms with Gasteiger partial charge in [0.15, 0.2) is 0 Å². The number of nitrogens with one attached hydrogen (secondary N) is 2. The maximum absolute atomic E-state index is 12.0. The number of carboxylic acids is 1. The van der Waals surface area contributed by atoms with Crippen LogP contribution in [0.25, 0.3) is 0 Å². The number of rotatable bonds is 3. The van der Waals surface area contributed by atoms with Crippen molar-refractivity contribution >= 4 is 40.3 Å². The Morgan fingerprint density at radius 2 is 2.00 bits per heavy atom. The first-order chi connectivity index (χ1) is 9.52. The number of ether oxygens (including phenoxy) is 1. The lowest BCUT2D eigenvalue weighted by Crippen LogP contribution is -2.58. The lowest BCUT2D eigenvalue weighted by molar-refractivity contribution is -0.148. The molecule has 1 heterocycles. The Hall–Kier alpha value is -1.35. The SMILES string of the molecule is O=C(Nc1cccc(I)c1)NC1(C(=O)O)CCOCC1. The van der Waals surface area contributed by atoms with Gasteiger partial charge in [0.1, 0.15) is 5.54 Å². The molecule has 6 nitrogen and oxygen atoms in total. The van der Waals surface area contributed by atoms with Crippen LogP contribution in [0.4, 0.5) is 10.5 Å². The second kappa shape index (κ2) is 6.40. The van der Waals surface area contributed by atoms with E-state index in [2.05, 4.69) is 33.2 Å². The van der Waals surface area contributed by atoms with Gasteiger partial charge in [0.2, 0.25) is 0 Å². The Bertz CT molecular complexity index is 515. The summed E-state index contributed by atoms with van der Waals surface area (Å²) in [6, 6.07) is 6.76. The summed E-state index contributed by atoms with van der Waals surface area (Å²) in [5, 5.41) is 14.6. The molecule has 2 rings (SSSR count). The molecule has 1 aliphatic heterocycles. The number of carboxylic acid groups (broad SMARTS) is 1. The number of aliphatic carboxylic acids is 1. The highest BCUT2D eigenvalue weighted by molar-refractivity contribution is 14.1. The number of hydrogen-bond donors (Lipinski definition) is 3. The second-order valence-corrected chi connectivity index (χ2v) is 5.83. The number of hydrogen-bond acceptors (Lipinski definition) is 3. The van der Waals surface area contributed by atoms with E-state index in [-0.39, 0.29) is 12.8 Å². The first kappa shape index (κ1) is 15.0. The van der Waals surface area contributed by atoms with E-state index in [0.29, 0.717) is 18.9 Å². The molecule has 1 saturated heterocycles. The molecule has 20 heavy (non-hydrogen) atoms. The molecule has 0 saturated carbocycles. The molecular weight excluding hydrogens is 375 g/mol. The molecule has 3 N–H and O–H groups in total. The van der Waals surface area contributed by atoms with E-state index in [1.165, 1.54) is 0 Å². The summed E-state index contributed by atoms with van der Waals surface area (Å²) < 4.78 is 6.14. The molecule has 1 aromatic rings. The minimum Gasteiger partial charge on any atom is -0.480 e. The van der Waals surface area contributed by atoms with Crippen LogP contribution in [0, 0.1) is 3.57 Å². The van der Waals surface area contributed by atoms with Gasteiger partial charge in [-0.25, -0.2) is 9.59 Å². The summed E-state index contributed by atoms with van der Waals surface area (Å²) in [4.78, 5) is 23.4. The van der Waals surface area contributed by atoms with E-state index < -0.39 is 17.5 Å². The Balaban J connectivity index is 2.03. The second-order valence-electron chi connectivity index (χ2n) is 4.59. The fourth-order valence-electron chi connectivity index (χ4n) is 2.06. The normalized spacial score (nSPS) is 17.2. The Labute approximate surface area is 130 Å². The number of amides is 2. The third-order valence-electron chi connectivity index (χ3n) is 3.19. The molecule has 0 bridgehead atoms. The molecule has 108 valence electrons. The first-order valence-corrected chi connectivity index (χ1v) is 7.26. The van der Waals surface area contributed by atoms with E-state index >= 15 is 0 Å². The van der Waals surface area contributed by atoms with Gasteiger partial charge in [0, 0.05) is 35.3 Å². The maximum atomic E-state index is 12.0. The van der Waals surface area contributed by atoms with Gasteiger partial charge in [-0.05, 0) is 40.8 Å². The monoisotopic (exact) mass is 390 g/mol. The van der Waals surface area contributed by atoms with Crippen molar-refractivity contribution in [3.63, 3.8) is 0 Å². The van der Waals surface area contributed by atoms with Crippen molar-refractivity contribution in [1.29, 1.82) is 0 Å². The van der Waals surface area contributed by atoms with Gasteiger partial charge in [-0.1, -0.05) is 6.07 Å². The summed E-state index contributed by atoms with van der Waals surface area (Å²) in [7, 11) is 0. The van der Waals surface area contributed by atoms with Crippen molar-refractivity contribution in [3.05, 3.63) is 27.8 Å². The molecule has 7 heteroatoms. The smallest absolute Gasteiger partial charge is 0.329 e. The van der Waals surface area contributed by atoms with Crippen molar-refractivity contribution in [2.75, 3.05) is 18.5 Å². The molecule has 0 aliphatic carbocycles. The number of anilines is 1. The van der Waals surface area contributed by atoms with Crippen LogP contribution >= 0.6 is 22.6 Å². The van der Waals surface area contributed by atoms with Crippen LogP contribution in [-0.4, -0.2) is 35.9 Å². The van der Waals surface area contributed by atoms with Gasteiger partial charge >= 0.3 is 12.0 Å². The van der Waals surface area contributed by atoms with E-state index in [9.17, 15) is 14.7 Å². The topological polar surface area (TPSA) is 87.7 Å². The predicted octanol–water partition coefficient (Wildman–Crippen LogP) is 2.05. The molecule has 1 aliphatic rings. The van der Waals surface area contributed by atoms with Gasteiger partial charge in [0.05, 0.1) is 0 Å². The van der Waals surface area contributed by atoms with Crippen LogP contribution in [0.5, 0.6) is 0 Å². The standard InChI is InChI=1S/C13H15IN2O4/c14-9-2-1-3-10(8-9)15-12(19)16-13(11(17)18)4-6-20-7-5-13/h1-3,8H,4-7H2,(H,17,18)(H2,15,16,19). The number of urea groups is 1. The largest absolute Gasteiger partial charge is 0.480 e. The summed E-state index contributed by atoms with van der Waals surface area (Å²) >= 11 is 2.14. The maximum Gasteiger partial charge on any atom is 0.329 e. The van der Waals surface area contributed by atoms with E-state index in [1.807, 2.05) is 12.1 Å². The number of halogens is 1. The Morgan fingerprint density at radius 3 is 2.60 bits per heavy atom. The van der Waals surface area contributed by atoms with E-state index in [0.717, 1.165) is 3.57 Å². The van der Waals surface area contributed by atoms with Crippen LogP contribution in [-0.2, 0) is 9.53 Å². The van der Waals surface area contributed by atoms with E-state index in [4.69, 9.17) is 4.74 Å². The summed E-state index contributed by atoms with van der Waals surface area (Å²) in [5.74, 6) is -1.03. The Morgan fingerprint density at radius 1 is 1.30 bits per heavy atom. The molecule has 0 unspecified atom stereocenters. The van der Waals surface area contributed by atoms with Gasteiger partial charge in [-0.15, -0.1) is 0 Å². The predicted molar refractivity (Wildman–Crippen MR) is 81.7 cm³/mol. The highest BCUT2D eigenvalue weighted by Crippen LogP contribution is 2.21. The van der Waals surface area contributed by atoms with Gasteiger partial charge in [-0.3, -0.25) is 0 Å². The minimum atomic E-state index is -1.25. The summed E-state index contributed by atoms with van der Waals surface area (Å²) in [6.45, 7) is 0.658. The molecule has 0 radical (unpaired) electrons. The Kier molecular flexibility index (Phi) is 4.81. The van der Waals surface area contributed by atoms with Crippen molar-refractivity contribution in [2.45, 2.75) is 18.4 Å². The van der Waals surface area contributed by atoms with Crippen molar-refractivity contribution in [3.8, 4) is 0 Å². The highest BCUT2D eigenvalue weighted by Gasteiger charge is 2.41. The highest BCUT2D eigenvalue weighted by atomic mass is 127. The fourth-order valence-corrected chi connectivity index (χ4v) is 2.60. The van der Waals surface area contributed by atoms with Crippen molar-refractivity contribution < 1.29 is 19.4 Å². The molecule has 0 spiro atoms. The van der Waals surface area contributed by atoms with E-state index in [1.54, 1.807) is 12.1 Å². The van der Waals surface area contributed by atoms with Crippen LogP contribution < -0.4 is 10.6 Å². The van der Waals surface area contributed by atoms with Crippen LogP contribution in [0.1, 0.15) is 12.8 Å². The average molecular weight is 390 g/mol. The number of carbonyl (C=O) groups is 2. The van der Waals surface area contributed by atoms with Crippen molar-refractivity contribution in [2.24, 2.45) is 0 Å². The fraction of sp³-hybridized carbons (Fsp3) is 0.385. The molecule has 1 aromatic carbocycles. The van der Waals surface area contributed by atoms with Crippen molar-refractivity contribution in [1.82, 2.24) is 5.32 Å². The molecule has 2 amide bonds. The lowest BCUT2D eigenvalue weighted by atomic mass is 9.90. The van der Waals surface area contributed by atoms with Gasteiger partial charge in [-0.2, -0.15) is 0 Å². The number of benzene rings is 1. The van der Waals surface area contributed by atoms with Crippen LogP contribution in [0.15, 0.2) is 24.3 Å². The molecule has 0 aromatic heterocycles. The lowest BCUT2D eigenvalue weighted by Gasteiger charge is -2.33. The summed E-state index contributed by atoms with van der Waals surface area (Å²) in [5.41, 5.74) is -0.619. The quantitative estimate of drug-likeness (QED) is 0.690. The van der Waals surface area contributed by atoms with Gasteiger partial charge in [0.25, 0.3) is 0 Å². The molecule has 1 fully saturated rings. The zero-order chi connectivity index (χ0) is 14.6. The zero-order valence-electron chi connectivity index (χ0n) is 10.7. The van der Waals surface area contributed by atoms with Gasteiger partial charge < -0.3 is 20.5 Å². The number of carbonyl (C=O) groups excluding carboxylic acids is 1. The van der Waals surface area contributed by atoms with Crippen LogP contribution in [0.3, 0.4) is 0 Å². The third-order valence-corrected chi connectivity index (χ3v) is 3.86. The zero-order valence-corrected chi connectivity index (χ0v) is 12.8.